The van der Waals surface area contributed by atoms with Gasteiger partial charge < -0.3 is 9.15 Å². The highest BCUT2D eigenvalue weighted by Crippen LogP contribution is 2.29. The van der Waals surface area contributed by atoms with Gasteiger partial charge in [-0.1, -0.05) is 35.5 Å². The van der Waals surface area contributed by atoms with E-state index in [-0.39, 0.29) is 12.4 Å². The largest absolute Gasteiger partial charge is 0.467 e. The Bertz CT molecular complexity index is 1210. The number of rotatable bonds is 8. The van der Waals surface area contributed by atoms with Crippen LogP contribution in [0.2, 0.25) is 5.15 Å². The van der Waals surface area contributed by atoms with Gasteiger partial charge in [0.05, 0.1) is 24.9 Å². The minimum atomic E-state index is -0.343. The average Bonchev–Trinajstić information content (AvgIpc) is 3.38. The van der Waals surface area contributed by atoms with E-state index in [1.54, 1.807) is 13.2 Å². The molecule has 160 valence electrons. The number of benzene rings is 1. The van der Waals surface area contributed by atoms with Crippen LogP contribution in [0.1, 0.15) is 29.6 Å². The summed E-state index contributed by atoms with van der Waals surface area (Å²) in [6.45, 7) is 4.54. The number of fused-ring (bicyclic) bond motifs is 1. The van der Waals surface area contributed by atoms with Crippen molar-refractivity contribution in [2.45, 2.75) is 37.7 Å². The molecule has 0 saturated heterocycles. The molecule has 0 aliphatic carbocycles. The molecule has 0 saturated carbocycles. The molecule has 0 unspecified atom stereocenters. The van der Waals surface area contributed by atoms with E-state index >= 15 is 0 Å². The number of esters is 1. The molecule has 0 radical (unpaired) electrons. The highest BCUT2D eigenvalue weighted by Gasteiger charge is 2.18. The number of halogens is 1. The van der Waals surface area contributed by atoms with E-state index in [1.807, 2.05) is 41.8 Å². The Hall–Kier alpha value is -2.84. The monoisotopic (exact) mass is 456 g/mol. The Morgan fingerprint density at radius 2 is 2.13 bits per heavy atom. The molecule has 4 rings (SSSR count). The van der Waals surface area contributed by atoms with Gasteiger partial charge in [0.25, 0.3) is 0 Å². The Morgan fingerprint density at radius 3 is 2.90 bits per heavy atom. The van der Waals surface area contributed by atoms with E-state index < -0.39 is 0 Å². The van der Waals surface area contributed by atoms with Crippen molar-refractivity contribution < 1.29 is 13.9 Å². The van der Waals surface area contributed by atoms with Crippen molar-refractivity contribution in [2.75, 3.05) is 6.61 Å². The second-order valence-corrected chi connectivity index (χ2v) is 8.27. The zero-order valence-corrected chi connectivity index (χ0v) is 18.7. The van der Waals surface area contributed by atoms with Crippen LogP contribution in [0, 0.1) is 6.92 Å². The van der Waals surface area contributed by atoms with Crippen molar-refractivity contribution in [1.82, 2.24) is 19.7 Å². The molecule has 0 amide bonds. The number of ether oxygens (including phenoxy) is 1. The minimum absolute atomic E-state index is 0.0414. The van der Waals surface area contributed by atoms with Gasteiger partial charge in [-0.05, 0) is 43.7 Å². The van der Waals surface area contributed by atoms with Crippen molar-refractivity contribution in [3.05, 3.63) is 70.5 Å². The van der Waals surface area contributed by atoms with Crippen molar-refractivity contribution in [3.8, 4) is 0 Å². The normalized spacial score (nSPS) is 11.2. The number of thioether (sulfide) groups is 1. The number of hydrogen-bond acceptors (Lipinski definition) is 7. The van der Waals surface area contributed by atoms with Crippen molar-refractivity contribution in [2.24, 2.45) is 0 Å². The lowest BCUT2D eigenvalue weighted by Crippen LogP contribution is -2.14. The van der Waals surface area contributed by atoms with Gasteiger partial charge in [-0.15, -0.1) is 10.2 Å². The third-order valence-electron chi connectivity index (χ3n) is 4.65. The summed E-state index contributed by atoms with van der Waals surface area (Å²) >= 11 is 7.92. The third kappa shape index (κ3) is 5.08. The molecule has 0 aliphatic rings. The number of aromatic nitrogens is 4. The van der Waals surface area contributed by atoms with E-state index in [0.717, 1.165) is 27.8 Å². The Morgan fingerprint density at radius 1 is 1.26 bits per heavy atom. The molecule has 0 N–H and O–H groups in total. The lowest BCUT2D eigenvalue weighted by Gasteiger charge is -2.10. The summed E-state index contributed by atoms with van der Waals surface area (Å²) in [6, 6.07) is 11.8. The maximum absolute atomic E-state index is 12.0. The van der Waals surface area contributed by atoms with Gasteiger partial charge in [-0.3, -0.25) is 9.36 Å². The van der Waals surface area contributed by atoms with Gasteiger partial charge in [0.2, 0.25) is 0 Å². The fourth-order valence-electron chi connectivity index (χ4n) is 3.16. The average molecular weight is 457 g/mol. The first kappa shape index (κ1) is 21.4. The second-order valence-electron chi connectivity index (χ2n) is 6.97. The molecule has 4 aromatic rings. The van der Waals surface area contributed by atoms with Crippen LogP contribution in [0.3, 0.4) is 0 Å². The lowest BCUT2D eigenvalue weighted by molar-refractivity contribution is -0.142. The van der Waals surface area contributed by atoms with Gasteiger partial charge in [0, 0.05) is 16.7 Å². The molecule has 0 bridgehead atoms. The van der Waals surface area contributed by atoms with Crippen LogP contribution >= 0.6 is 23.4 Å². The summed E-state index contributed by atoms with van der Waals surface area (Å²) in [5.74, 6) is 1.48. The quantitative estimate of drug-likeness (QED) is 0.213. The number of nitrogens with zero attached hydrogens (tertiary/aromatic N) is 4. The van der Waals surface area contributed by atoms with Crippen molar-refractivity contribution >= 4 is 40.2 Å². The van der Waals surface area contributed by atoms with Crippen LogP contribution in [-0.2, 0) is 28.2 Å². The third-order valence-corrected chi connectivity index (χ3v) is 5.99. The zero-order chi connectivity index (χ0) is 21.8. The Kier molecular flexibility index (Phi) is 6.58. The predicted molar refractivity (Wildman–Crippen MR) is 119 cm³/mol. The molecule has 0 atom stereocenters. The zero-order valence-electron chi connectivity index (χ0n) is 17.2. The first-order chi connectivity index (χ1) is 15.0. The van der Waals surface area contributed by atoms with E-state index in [2.05, 4.69) is 21.2 Å². The van der Waals surface area contributed by atoms with Crippen molar-refractivity contribution in [1.29, 1.82) is 0 Å². The number of aryl methyl sites for hydroxylation is 1. The van der Waals surface area contributed by atoms with Crippen molar-refractivity contribution in [3.63, 3.8) is 0 Å². The molecule has 0 aliphatic heterocycles. The molecule has 31 heavy (non-hydrogen) atoms. The first-order valence-electron chi connectivity index (χ1n) is 9.82. The highest BCUT2D eigenvalue weighted by molar-refractivity contribution is 7.98. The maximum Gasteiger partial charge on any atom is 0.313 e. The molecule has 7 nitrogen and oxygen atoms in total. The summed E-state index contributed by atoms with van der Waals surface area (Å²) in [4.78, 5) is 16.5. The molecule has 3 heterocycles. The van der Waals surface area contributed by atoms with Gasteiger partial charge in [-0.2, -0.15) is 0 Å². The maximum atomic E-state index is 12.0. The number of carbonyl (C=O) groups is 1. The molecule has 9 heteroatoms. The number of carbonyl (C=O) groups excluding carboxylic acids is 1. The minimum Gasteiger partial charge on any atom is -0.467 e. The van der Waals surface area contributed by atoms with E-state index in [9.17, 15) is 4.79 Å². The lowest BCUT2D eigenvalue weighted by atomic mass is 10.1. The summed E-state index contributed by atoms with van der Waals surface area (Å²) in [5, 5.41) is 10.7. The smallest absolute Gasteiger partial charge is 0.313 e. The fraction of sp³-hybridized carbons (Fsp3) is 0.273. The van der Waals surface area contributed by atoms with Crippen LogP contribution in [0.5, 0.6) is 0 Å². The number of furan rings is 1. The number of hydrogen-bond donors (Lipinski definition) is 0. The Labute approximate surface area is 188 Å². The van der Waals surface area contributed by atoms with E-state index in [0.29, 0.717) is 35.0 Å². The summed E-state index contributed by atoms with van der Waals surface area (Å²) in [5.41, 5.74) is 2.91. The SMILES string of the molecule is CCOC(=O)Cc1nnc(SCc2cc3ccc(C)cc3nc2Cl)n1Cc1ccco1. The standard InChI is InChI=1S/C22H21ClN4O3S/c1-3-29-20(28)11-19-25-26-22(27(19)12-17-5-4-8-30-17)31-13-16-10-15-7-6-14(2)9-18(15)24-21(16)23/h4-10H,3,11-13H2,1-2H3. The van der Waals surface area contributed by atoms with Crippen LogP contribution in [0.4, 0.5) is 0 Å². The van der Waals surface area contributed by atoms with Crippen LogP contribution < -0.4 is 0 Å². The van der Waals surface area contributed by atoms with Gasteiger partial charge in [-0.25, -0.2) is 4.98 Å². The number of pyridine rings is 1. The summed E-state index contributed by atoms with van der Waals surface area (Å²) < 4.78 is 12.4. The van der Waals surface area contributed by atoms with Gasteiger partial charge in [0.15, 0.2) is 5.16 Å². The molecule has 1 aromatic carbocycles. The van der Waals surface area contributed by atoms with Gasteiger partial charge in [0.1, 0.15) is 23.2 Å². The Balaban J connectivity index is 1.58. The van der Waals surface area contributed by atoms with E-state index in [4.69, 9.17) is 20.8 Å². The van der Waals surface area contributed by atoms with Crippen LogP contribution in [0.15, 0.2) is 52.2 Å². The molecular formula is C22H21ClN4O3S. The molecular weight excluding hydrogens is 436 g/mol. The molecule has 0 fully saturated rings. The summed E-state index contributed by atoms with van der Waals surface area (Å²) in [7, 11) is 0. The highest BCUT2D eigenvalue weighted by atomic mass is 35.5. The van der Waals surface area contributed by atoms with Crippen LogP contribution in [0.25, 0.3) is 10.9 Å². The van der Waals surface area contributed by atoms with Crippen LogP contribution in [-0.4, -0.2) is 32.3 Å². The fourth-order valence-corrected chi connectivity index (χ4v) is 4.38. The first-order valence-corrected chi connectivity index (χ1v) is 11.2. The summed E-state index contributed by atoms with van der Waals surface area (Å²) in [6.07, 6.45) is 1.65. The topological polar surface area (TPSA) is 83.0 Å². The van der Waals surface area contributed by atoms with Gasteiger partial charge >= 0.3 is 5.97 Å². The van der Waals surface area contributed by atoms with E-state index in [1.165, 1.54) is 11.8 Å². The second kappa shape index (κ2) is 9.53. The molecule has 3 aromatic heterocycles. The molecule has 0 spiro atoms. The predicted octanol–water partition coefficient (Wildman–Crippen LogP) is 4.83.